The molecule has 0 amide bonds. The summed E-state index contributed by atoms with van der Waals surface area (Å²) in [5.41, 5.74) is 4.81. The van der Waals surface area contributed by atoms with E-state index in [0.29, 0.717) is 30.0 Å². The number of nitrogens with one attached hydrogen (secondary N) is 1. The highest BCUT2D eigenvalue weighted by Crippen LogP contribution is 2.51. The number of carbonyl (C=O) groups is 1. The van der Waals surface area contributed by atoms with E-state index in [2.05, 4.69) is 10.5 Å². The van der Waals surface area contributed by atoms with Gasteiger partial charge in [0.15, 0.2) is 17.3 Å². The van der Waals surface area contributed by atoms with Crippen LogP contribution in [0.3, 0.4) is 0 Å². The molecule has 0 radical (unpaired) electrons. The quantitative estimate of drug-likeness (QED) is 0.564. The summed E-state index contributed by atoms with van der Waals surface area (Å²) in [6.45, 7) is 1.85. The Morgan fingerprint density at radius 2 is 1.68 bits per heavy atom. The van der Waals surface area contributed by atoms with Gasteiger partial charge in [0.25, 0.3) is 0 Å². The number of phenolic OH excluding ortho intramolecular Hbond substituents is 1. The maximum Gasteiger partial charge on any atom is 0.233 e. The number of aromatic nitrogens is 1. The number of allylic oxidation sites excluding steroid dienone is 2. The van der Waals surface area contributed by atoms with Gasteiger partial charge >= 0.3 is 0 Å². The number of ether oxygens (including phenoxy) is 3. The molecule has 2 N–H and O–H groups in total. The molecule has 2 atom stereocenters. The Morgan fingerprint density at radius 1 is 1.00 bits per heavy atom. The molecule has 8 heteroatoms. The van der Waals surface area contributed by atoms with Gasteiger partial charge in [0, 0.05) is 23.6 Å². The second-order valence-corrected chi connectivity index (χ2v) is 8.54. The van der Waals surface area contributed by atoms with E-state index in [9.17, 15) is 9.90 Å². The summed E-state index contributed by atoms with van der Waals surface area (Å²) in [6.07, 6.45) is 1.03. The van der Waals surface area contributed by atoms with E-state index in [4.69, 9.17) is 18.7 Å². The molecule has 1 aliphatic carbocycles. The fourth-order valence-corrected chi connectivity index (χ4v) is 5.00. The fraction of sp³-hybridized carbons (Fsp3) is 0.308. The summed E-state index contributed by atoms with van der Waals surface area (Å²) < 4.78 is 21.6. The largest absolute Gasteiger partial charge is 0.502 e. The van der Waals surface area contributed by atoms with Crippen LogP contribution in [0, 0.1) is 6.92 Å². The van der Waals surface area contributed by atoms with Crippen molar-refractivity contribution < 1.29 is 28.6 Å². The van der Waals surface area contributed by atoms with E-state index in [0.717, 1.165) is 28.1 Å². The number of hydrogen-bond acceptors (Lipinski definition) is 8. The molecule has 2 unspecified atom stereocenters. The molecule has 2 aromatic carbocycles. The lowest BCUT2D eigenvalue weighted by molar-refractivity contribution is -0.116. The van der Waals surface area contributed by atoms with Gasteiger partial charge in [-0.25, -0.2) is 0 Å². The van der Waals surface area contributed by atoms with Crippen molar-refractivity contribution in [1.82, 2.24) is 5.16 Å². The zero-order chi connectivity index (χ0) is 24.0. The van der Waals surface area contributed by atoms with Gasteiger partial charge < -0.3 is 29.2 Å². The van der Waals surface area contributed by atoms with Crippen LogP contribution >= 0.6 is 0 Å². The molecule has 3 aromatic rings. The van der Waals surface area contributed by atoms with Crippen molar-refractivity contribution in [3.8, 4) is 23.0 Å². The maximum atomic E-state index is 13.7. The number of methoxy groups -OCH3 is 3. The third kappa shape index (κ3) is 3.46. The van der Waals surface area contributed by atoms with Gasteiger partial charge in [0.1, 0.15) is 5.75 Å². The second kappa shape index (κ2) is 8.44. The van der Waals surface area contributed by atoms with E-state index in [1.165, 1.54) is 14.2 Å². The highest BCUT2D eigenvalue weighted by molar-refractivity contribution is 6.01. The van der Waals surface area contributed by atoms with Crippen molar-refractivity contribution in [2.24, 2.45) is 0 Å². The van der Waals surface area contributed by atoms with Gasteiger partial charge in [-0.05, 0) is 54.7 Å². The van der Waals surface area contributed by atoms with Gasteiger partial charge in [-0.1, -0.05) is 17.3 Å². The molecule has 1 aliphatic heterocycles. The molecule has 0 saturated carbocycles. The van der Waals surface area contributed by atoms with Crippen molar-refractivity contribution in [3.63, 3.8) is 0 Å². The highest BCUT2D eigenvalue weighted by atomic mass is 16.5. The molecular weight excluding hydrogens is 436 g/mol. The number of Topliss-reactive ketones (excluding diaryl/α,β-unsaturated/α-hetero) is 1. The number of aryl methyl sites for hydroxylation is 1. The van der Waals surface area contributed by atoms with E-state index in [-0.39, 0.29) is 28.9 Å². The number of carbonyl (C=O) groups excluding carboxylic acids is 1. The molecule has 34 heavy (non-hydrogen) atoms. The van der Waals surface area contributed by atoms with E-state index in [1.54, 1.807) is 19.2 Å². The average molecular weight is 463 g/mol. The van der Waals surface area contributed by atoms with E-state index >= 15 is 0 Å². The van der Waals surface area contributed by atoms with Crippen LogP contribution in [0.1, 0.15) is 47.1 Å². The number of ketones is 1. The van der Waals surface area contributed by atoms with Crippen LogP contribution in [0.25, 0.3) is 0 Å². The normalized spacial score (nSPS) is 19.2. The number of phenols is 1. The van der Waals surface area contributed by atoms with Gasteiger partial charge in [0.2, 0.25) is 11.6 Å². The van der Waals surface area contributed by atoms with Gasteiger partial charge in [-0.3, -0.25) is 4.79 Å². The van der Waals surface area contributed by atoms with Crippen LogP contribution in [0.4, 0.5) is 5.88 Å². The molecule has 0 bridgehead atoms. The Bertz CT molecular complexity index is 1270. The first-order valence-electron chi connectivity index (χ1n) is 11.0. The van der Waals surface area contributed by atoms with Crippen molar-refractivity contribution in [2.75, 3.05) is 26.6 Å². The Labute approximate surface area is 197 Å². The monoisotopic (exact) mass is 462 g/mol. The topological polar surface area (TPSA) is 103 Å². The number of fused-ring (bicyclic) bond motifs is 1. The summed E-state index contributed by atoms with van der Waals surface area (Å²) in [5, 5.41) is 17.9. The van der Waals surface area contributed by atoms with Gasteiger partial charge in [-0.15, -0.1) is 0 Å². The molecule has 8 nitrogen and oxygen atoms in total. The molecular formula is C26H26N2O6. The molecule has 2 aliphatic rings. The Kier molecular flexibility index (Phi) is 5.43. The van der Waals surface area contributed by atoms with Crippen LogP contribution in [-0.4, -0.2) is 37.4 Å². The van der Waals surface area contributed by atoms with Crippen LogP contribution in [0.15, 0.2) is 52.2 Å². The molecule has 0 fully saturated rings. The Morgan fingerprint density at radius 3 is 2.29 bits per heavy atom. The predicted molar refractivity (Wildman–Crippen MR) is 125 cm³/mol. The molecule has 1 aromatic heterocycles. The van der Waals surface area contributed by atoms with Crippen LogP contribution < -0.4 is 19.5 Å². The number of rotatable bonds is 5. The minimum Gasteiger partial charge on any atom is -0.502 e. The molecule has 0 spiro atoms. The SMILES string of the molecule is COc1ccc(C2CC(=O)C3=C(C2)Nc2onc(C)c2C3c2cc(OC)c(O)c(OC)c2)cc1. The smallest absolute Gasteiger partial charge is 0.233 e. The highest BCUT2D eigenvalue weighted by Gasteiger charge is 2.41. The zero-order valence-corrected chi connectivity index (χ0v) is 19.5. The third-order valence-electron chi connectivity index (χ3n) is 6.68. The predicted octanol–water partition coefficient (Wildman–Crippen LogP) is 4.67. The zero-order valence-electron chi connectivity index (χ0n) is 19.5. The summed E-state index contributed by atoms with van der Waals surface area (Å²) in [4.78, 5) is 13.7. The first-order chi connectivity index (χ1) is 16.4. The first-order valence-corrected chi connectivity index (χ1v) is 11.0. The summed E-state index contributed by atoms with van der Waals surface area (Å²) in [7, 11) is 4.59. The minimum absolute atomic E-state index is 0.0276. The van der Waals surface area contributed by atoms with Gasteiger partial charge in [-0.2, -0.15) is 0 Å². The molecule has 176 valence electrons. The standard InChI is InChI=1S/C26H26N2O6/c1-13-22-23(16-11-20(32-3)25(30)21(12-16)33-4)24-18(27-26(22)34-28-13)9-15(10-19(24)29)14-5-7-17(31-2)8-6-14/h5-8,11-12,15,23,27,30H,9-10H2,1-4H3. The molecule has 5 rings (SSSR count). The van der Waals surface area contributed by atoms with Gasteiger partial charge in [0.05, 0.1) is 32.6 Å². The molecule has 2 heterocycles. The number of hydrogen-bond donors (Lipinski definition) is 2. The average Bonchev–Trinajstić information content (AvgIpc) is 3.23. The van der Waals surface area contributed by atoms with Crippen molar-refractivity contribution in [3.05, 3.63) is 70.1 Å². The Balaban J connectivity index is 1.62. The van der Waals surface area contributed by atoms with Crippen molar-refractivity contribution in [2.45, 2.75) is 31.6 Å². The lowest BCUT2D eigenvalue weighted by atomic mass is 9.72. The number of benzene rings is 2. The Hall–Kier alpha value is -3.94. The minimum atomic E-state index is -0.426. The third-order valence-corrected chi connectivity index (χ3v) is 6.68. The fourth-order valence-electron chi connectivity index (χ4n) is 5.00. The number of anilines is 1. The first kappa shape index (κ1) is 21.9. The van der Waals surface area contributed by atoms with Crippen LogP contribution in [-0.2, 0) is 4.79 Å². The van der Waals surface area contributed by atoms with E-state index < -0.39 is 5.92 Å². The summed E-state index contributed by atoms with van der Waals surface area (Å²) in [5.74, 6) is 1.40. The number of nitrogens with zero attached hydrogens (tertiary/aromatic N) is 1. The van der Waals surface area contributed by atoms with E-state index in [1.807, 2.05) is 31.2 Å². The summed E-state index contributed by atoms with van der Waals surface area (Å²) in [6, 6.07) is 11.3. The second-order valence-electron chi connectivity index (χ2n) is 8.54. The molecule has 0 saturated heterocycles. The van der Waals surface area contributed by atoms with Crippen molar-refractivity contribution in [1.29, 1.82) is 0 Å². The lowest BCUT2D eigenvalue weighted by Gasteiger charge is -2.34. The summed E-state index contributed by atoms with van der Waals surface area (Å²) >= 11 is 0. The van der Waals surface area contributed by atoms with Crippen LogP contribution in [0.5, 0.6) is 23.0 Å². The lowest BCUT2D eigenvalue weighted by Crippen LogP contribution is -2.29. The number of aromatic hydroxyl groups is 1. The maximum absolute atomic E-state index is 13.7. The van der Waals surface area contributed by atoms with Crippen LogP contribution in [0.2, 0.25) is 0 Å². The van der Waals surface area contributed by atoms with Crippen molar-refractivity contribution >= 4 is 11.7 Å².